The summed E-state index contributed by atoms with van der Waals surface area (Å²) in [5.74, 6) is 0.752. The lowest BCUT2D eigenvalue weighted by Crippen LogP contribution is -2.09. The molecule has 0 aliphatic rings. The molecule has 0 atom stereocenters. The number of fused-ring (bicyclic) bond motifs is 1. The van der Waals surface area contributed by atoms with Crippen LogP contribution in [0.4, 0.5) is 5.95 Å². The van der Waals surface area contributed by atoms with E-state index < -0.39 is 0 Å². The first-order valence-electron chi connectivity index (χ1n) is 5.74. The highest BCUT2D eigenvalue weighted by Gasteiger charge is 2.11. The number of hydrogen-bond donors (Lipinski definition) is 1. The number of para-hydroxylation sites is 1. The Labute approximate surface area is 113 Å². The lowest BCUT2D eigenvalue weighted by molar-refractivity contribution is 0.766. The van der Waals surface area contributed by atoms with Gasteiger partial charge in [0.2, 0.25) is 11.2 Å². The molecule has 7 nitrogen and oxygen atoms in total. The summed E-state index contributed by atoms with van der Waals surface area (Å²) in [5.41, 5.74) is 1.58. The zero-order valence-electron chi connectivity index (χ0n) is 10.1. The molecule has 0 saturated heterocycles. The SMILES string of the molecule is CCNc1nc(Cl)nc(-n2nnc3ccccc32)n1. The standard InChI is InChI=1S/C11H10ClN7/c1-2-13-10-14-9(12)15-11(16-10)19-8-6-4-3-5-7(8)17-18-19/h3-6H,2H2,1H3,(H,13,14,15,16). The average Bonchev–Trinajstić information content (AvgIpc) is 2.82. The molecule has 1 N–H and O–H groups in total. The van der Waals surface area contributed by atoms with E-state index in [0.29, 0.717) is 18.4 Å². The number of aromatic nitrogens is 6. The fraction of sp³-hybridized carbons (Fsp3) is 0.182. The lowest BCUT2D eigenvalue weighted by atomic mass is 10.3. The van der Waals surface area contributed by atoms with Crippen molar-refractivity contribution in [3.05, 3.63) is 29.5 Å². The monoisotopic (exact) mass is 275 g/mol. The molecule has 0 aliphatic heterocycles. The normalized spacial score (nSPS) is 10.8. The fourth-order valence-electron chi connectivity index (χ4n) is 1.69. The molecule has 0 amide bonds. The van der Waals surface area contributed by atoms with E-state index >= 15 is 0 Å². The summed E-state index contributed by atoms with van der Waals surface area (Å²) < 4.78 is 1.53. The van der Waals surface area contributed by atoms with Gasteiger partial charge in [0.25, 0.3) is 5.95 Å². The zero-order chi connectivity index (χ0) is 13.2. The maximum absolute atomic E-state index is 5.89. The third-order valence-corrected chi connectivity index (χ3v) is 2.64. The van der Waals surface area contributed by atoms with E-state index in [-0.39, 0.29) is 5.28 Å². The van der Waals surface area contributed by atoms with Crippen molar-refractivity contribution < 1.29 is 0 Å². The first kappa shape index (κ1) is 11.8. The second-order valence-corrected chi connectivity index (χ2v) is 4.09. The van der Waals surface area contributed by atoms with Crippen LogP contribution in [-0.2, 0) is 0 Å². The molecule has 1 aromatic carbocycles. The number of benzene rings is 1. The minimum Gasteiger partial charge on any atom is -0.354 e. The van der Waals surface area contributed by atoms with Gasteiger partial charge < -0.3 is 5.32 Å². The van der Waals surface area contributed by atoms with Crippen LogP contribution in [0.1, 0.15) is 6.92 Å². The van der Waals surface area contributed by atoms with Crippen molar-refractivity contribution in [2.24, 2.45) is 0 Å². The van der Waals surface area contributed by atoms with Crippen LogP contribution < -0.4 is 5.32 Å². The average molecular weight is 276 g/mol. The highest BCUT2D eigenvalue weighted by atomic mass is 35.5. The predicted molar refractivity (Wildman–Crippen MR) is 71.4 cm³/mol. The van der Waals surface area contributed by atoms with Gasteiger partial charge in [-0.3, -0.25) is 0 Å². The van der Waals surface area contributed by atoms with E-state index in [2.05, 4.69) is 30.6 Å². The number of anilines is 1. The van der Waals surface area contributed by atoms with Crippen LogP contribution in [0.15, 0.2) is 24.3 Å². The topological polar surface area (TPSA) is 81.4 Å². The largest absolute Gasteiger partial charge is 0.354 e. The van der Waals surface area contributed by atoms with Crippen molar-refractivity contribution in [3.63, 3.8) is 0 Å². The Bertz CT molecular complexity index is 724. The number of rotatable bonds is 3. The van der Waals surface area contributed by atoms with Gasteiger partial charge in [-0.1, -0.05) is 17.3 Å². The maximum Gasteiger partial charge on any atom is 0.258 e. The molecule has 0 aliphatic carbocycles. The predicted octanol–water partition coefficient (Wildman–Crippen LogP) is 1.69. The van der Waals surface area contributed by atoms with Crippen LogP contribution in [0, 0.1) is 0 Å². The third-order valence-electron chi connectivity index (χ3n) is 2.47. The Morgan fingerprint density at radius 3 is 2.89 bits per heavy atom. The lowest BCUT2D eigenvalue weighted by Gasteiger charge is -2.04. The number of nitrogens with zero attached hydrogens (tertiary/aromatic N) is 6. The Kier molecular flexibility index (Phi) is 2.96. The van der Waals surface area contributed by atoms with Crippen molar-refractivity contribution >= 4 is 28.6 Å². The van der Waals surface area contributed by atoms with Crippen molar-refractivity contribution in [1.29, 1.82) is 0 Å². The second-order valence-electron chi connectivity index (χ2n) is 3.75. The van der Waals surface area contributed by atoms with Gasteiger partial charge in [0, 0.05) is 6.54 Å². The summed E-state index contributed by atoms with van der Waals surface area (Å²) in [4.78, 5) is 12.3. The summed E-state index contributed by atoms with van der Waals surface area (Å²) >= 11 is 5.89. The molecule has 0 bridgehead atoms. The molecule has 3 aromatic rings. The molecule has 8 heteroatoms. The Morgan fingerprint density at radius 1 is 1.21 bits per heavy atom. The first-order chi connectivity index (χ1) is 9.28. The van der Waals surface area contributed by atoms with E-state index in [1.807, 2.05) is 31.2 Å². The number of halogens is 1. The minimum absolute atomic E-state index is 0.112. The molecular weight excluding hydrogens is 266 g/mol. The Balaban J connectivity index is 2.15. The van der Waals surface area contributed by atoms with Crippen LogP contribution in [-0.4, -0.2) is 36.5 Å². The maximum atomic E-state index is 5.89. The molecule has 19 heavy (non-hydrogen) atoms. The van der Waals surface area contributed by atoms with Gasteiger partial charge in [0.05, 0.1) is 5.52 Å². The van der Waals surface area contributed by atoms with Crippen LogP contribution in [0.25, 0.3) is 17.0 Å². The van der Waals surface area contributed by atoms with Crippen molar-refractivity contribution in [2.45, 2.75) is 6.92 Å². The van der Waals surface area contributed by atoms with E-state index in [0.717, 1.165) is 11.0 Å². The number of nitrogens with one attached hydrogen (secondary N) is 1. The van der Waals surface area contributed by atoms with Gasteiger partial charge in [0.1, 0.15) is 5.52 Å². The molecule has 0 unspecified atom stereocenters. The molecule has 0 radical (unpaired) electrons. The number of hydrogen-bond acceptors (Lipinski definition) is 6. The van der Waals surface area contributed by atoms with Crippen LogP contribution >= 0.6 is 11.6 Å². The quantitative estimate of drug-likeness (QED) is 0.783. The molecular formula is C11H10ClN7. The van der Waals surface area contributed by atoms with Crippen LogP contribution in [0.2, 0.25) is 5.28 Å². The van der Waals surface area contributed by atoms with Crippen LogP contribution in [0.3, 0.4) is 0 Å². The summed E-state index contributed by atoms with van der Waals surface area (Å²) in [7, 11) is 0. The third kappa shape index (κ3) is 2.19. The molecule has 2 heterocycles. The summed E-state index contributed by atoms with van der Waals surface area (Å²) in [5, 5.41) is 11.2. The molecule has 3 rings (SSSR count). The molecule has 0 saturated carbocycles. The van der Waals surface area contributed by atoms with Crippen LogP contribution in [0.5, 0.6) is 0 Å². The minimum atomic E-state index is 0.112. The van der Waals surface area contributed by atoms with E-state index in [9.17, 15) is 0 Å². The van der Waals surface area contributed by atoms with Gasteiger partial charge in [-0.15, -0.1) is 5.10 Å². The first-order valence-corrected chi connectivity index (χ1v) is 6.12. The van der Waals surface area contributed by atoms with E-state index in [4.69, 9.17) is 11.6 Å². The van der Waals surface area contributed by atoms with Gasteiger partial charge in [-0.25, -0.2) is 0 Å². The zero-order valence-corrected chi connectivity index (χ0v) is 10.8. The fourth-order valence-corrected chi connectivity index (χ4v) is 1.84. The van der Waals surface area contributed by atoms with Gasteiger partial charge in [-0.2, -0.15) is 19.6 Å². The van der Waals surface area contributed by atoms with Crippen molar-refractivity contribution in [1.82, 2.24) is 29.9 Å². The van der Waals surface area contributed by atoms with E-state index in [1.165, 1.54) is 4.68 Å². The molecule has 0 fully saturated rings. The van der Waals surface area contributed by atoms with Gasteiger partial charge in [-0.05, 0) is 30.7 Å². The Hall–Kier alpha value is -2.28. The highest BCUT2D eigenvalue weighted by Crippen LogP contribution is 2.15. The van der Waals surface area contributed by atoms with Gasteiger partial charge in [0.15, 0.2) is 0 Å². The smallest absolute Gasteiger partial charge is 0.258 e. The van der Waals surface area contributed by atoms with Gasteiger partial charge >= 0.3 is 0 Å². The van der Waals surface area contributed by atoms with Crippen molar-refractivity contribution in [2.75, 3.05) is 11.9 Å². The molecule has 0 spiro atoms. The summed E-state index contributed by atoms with van der Waals surface area (Å²) in [6.45, 7) is 2.64. The summed E-state index contributed by atoms with van der Waals surface area (Å²) in [6.07, 6.45) is 0. The highest BCUT2D eigenvalue weighted by molar-refractivity contribution is 6.28. The molecule has 2 aromatic heterocycles. The Morgan fingerprint density at radius 2 is 2.05 bits per heavy atom. The van der Waals surface area contributed by atoms with E-state index in [1.54, 1.807) is 0 Å². The van der Waals surface area contributed by atoms with Crippen molar-refractivity contribution in [3.8, 4) is 5.95 Å². The summed E-state index contributed by atoms with van der Waals surface area (Å²) in [6, 6.07) is 7.55. The second kappa shape index (κ2) is 4.77. The molecule has 96 valence electrons.